The molecule has 25 heavy (non-hydrogen) atoms. The van der Waals surface area contributed by atoms with Gasteiger partial charge >= 0.3 is 11.9 Å². The molecule has 2 rings (SSSR count). The van der Waals surface area contributed by atoms with Gasteiger partial charge in [-0.15, -0.1) is 0 Å². The third kappa shape index (κ3) is 6.41. The summed E-state index contributed by atoms with van der Waals surface area (Å²) in [5.74, 6) is -1.08. The Morgan fingerprint density at radius 2 is 1.88 bits per heavy atom. The monoisotopic (exact) mass is 345 g/mol. The van der Waals surface area contributed by atoms with Crippen LogP contribution in [0.1, 0.15) is 31.2 Å². The molecule has 6 nitrogen and oxygen atoms in total. The molecule has 0 N–H and O–H groups in total. The fraction of sp³-hybridized carbons (Fsp3) is 0.421. The predicted octanol–water partition coefficient (Wildman–Crippen LogP) is 2.23. The van der Waals surface area contributed by atoms with Crippen LogP contribution in [0.25, 0.3) is 0 Å². The Morgan fingerprint density at radius 1 is 1.12 bits per heavy atom. The molecular formula is C19H23NO5. The molecule has 6 heteroatoms. The van der Waals surface area contributed by atoms with E-state index in [4.69, 9.17) is 9.47 Å². The maximum Gasteiger partial charge on any atom is 0.334 e. The van der Waals surface area contributed by atoms with Crippen molar-refractivity contribution in [3.63, 3.8) is 0 Å². The van der Waals surface area contributed by atoms with Crippen LogP contribution in [0, 0.1) is 0 Å². The third-order valence-electron chi connectivity index (χ3n) is 3.90. The second kappa shape index (κ2) is 9.61. The number of carbonyl (C=O) groups excluding carboxylic acids is 3. The van der Waals surface area contributed by atoms with Gasteiger partial charge in [0.2, 0.25) is 5.91 Å². The van der Waals surface area contributed by atoms with E-state index >= 15 is 0 Å². The molecular weight excluding hydrogens is 322 g/mol. The lowest BCUT2D eigenvalue weighted by Gasteiger charge is -2.26. The van der Waals surface area contributed by atoms with Crippen LogP contribution in [0.5, 0.6) is 0 Å². The third-order valence-corrected chi connectivity index (χ3v) is 3.90. The number of likely N-dealkylation sites (tertiary alicyclic amines) is 1. The molecule has 0 saturated carbocycles. The molecule has 1 amide bonds. The summed E-state index contributed by atoms with van der Waals surface area (Å²) in [5.41, 5.74) is 0.915. The largest absolute Gasteiger partial charge is 0.461 e. The topological polar surface area (TPSA) is 72.9 Å². The van der Waals surface area contributed by atoms with Crippen LogP contribution in [-0.4, -0.2) is 42.4 Å². The van der Waals surface area contributed by atoms with E-state index in [1.165, 1.54) is 0 Å². The minimum atomic E-state index is -0.638. The first-order chi connectivity index (χ1) is 12.1. The quantitative estimate of drug-likeness (QED) is 0.534. The number of hydrogen-bond donors (Lipinski definition) is 0. The van der Waals surface area contributed by atoms with E-state index in [9.17, 15) is 14.4 Å². The summed E-state index contributed by atoms with van der Waals surface area (Å²) >= 11 is 0. The molecule has 1 fully saturated rings. The number of ether oxygens (including phenoxy) is 2. The van der Waals surface area contributed by atoms with Crippen molar-refractivity contribution in [2.24, 2.45) is 0 Å². The fourth-order valence-electron chi connectivity index (χ4n) is 2.48. The van der Waals surface area contributed by atoms with Crippen LogP contribution in [0.15, 0.2) is 42.5 Å². The first-order valence-corrected chi connectivity index (χ1v) is 8.38. The van der Waals surface area contributed by atoms with Gasteiger partial charge in [-0.05, 0) is 18.4 Å². The Labute approximate surface area is 147 Å². The molecule has 1 saturated heterocycles. The normalized spacial score (nSPS) is 14.1. The van der Waals surface area contributed by atoms with Gasteiger partial charge in [0, 0.05) is 18.5 Å². The Bertz CT molecular complexity index is 626. The zero-order chi connectivity index (χ0) is 18.1. The lowest BCUT2D eigenvalue weighted by atomic mass is 10.1. The average molecular weight is 345 g/mol. The molecule has 1 aromatic rings. The van der Waals surface area contributed by atoms with Crippen LogP contribution < -0.4 is 0 Å². The van der Waals surface area contributed by atoms with Gasteiger partial charge in [-0.25, -0.2) is 4.79 Å². The smallest absolute Gasteiger partial charge is 0.334 e. The van der Waals surface area contributed by atoms with Crippen molar-refractivity contribution < 1.29 is 23.9 Å². The summed E-state index contributed by atoms with van der Waals surface area (Å²) in [4.78, 5) is 36.9. The first kappa shape index (κ1) is 18.7. The highest BCUT2D eigenvalue weighted by atomic mass is 16.5. The Morgan fingerprint density at radius 3 is 2.60 bits per heavy atom. The maximum atomic E-state index is 11.8. The zero-order valence-electron chi connectivity index (χ0n) is 14.2. The van der Waals surface area contributed by atoms with Gasteiger partial charge in [0.25, 0.3) is 0 Å². The molecule has 0 aliphatic carbocycles. The maximum absolute atomic E-state index is 11.8. The minimum absolute atomic E-state index is 0.0445. The van der Waals surface area contributed by atoms with Crippen molar-refractivity contribution in [2.45, 2.75) is 32.3 Å². The Balaban J connectivity index is 1.64. The zero-order valence-corrected chi connectivity index (χ0v) is 14.2. The van der Waals surface area contributed by atoms with E-state index in [-0.39, 0.29) is 31.1 Å². The first-order valence-electron chi connectivity index (χ1n) is 8.38. The van der Waals surface area contributed by atoms with Crippen molar-refractivity contribution >= 4 is 17.8 Å². The van der Waals surface area contributed by atoms with Gasteiger partial charge in [-0.2, -0.15) is 0 Å². The summed E-state index contributed by atoms with van der Waals surface area (Å²) in [6.45, 7) is 4.89. The number of rotatable bonds is 8. The molecule has 0 atom stereocenters. The number of amides is 1. The molecule has 0 bridgehead atoms. The van der Waals surface area contributed by atoms with Crippen molar-refractivity contribution in [2.75, 3.05) is 19.7 Å². The molecule has 1 aliphatic rings. The number of hydrogen-bond acceptors (Lipinski definition) is 5. The SMILES string of the molecule is C=C(CC(=O)OCc1ccccc1)C(=O)OCCN1CCCCC1=O. The van der Waals surface area contributed by atoms with Crippen LogP contribution in [0.4, 0.5) is 0 Å². The van der Waals surface area contributed by atoms with Crippen molar-refractivity contribution in [3.8, 4) is 0 Å². The summed E-state index contributed by atoms with van der Waals surface area (Å²) in [7, 11) is 0. The lowest BCUT2D eigenvalue weighted by Crippen LogP contribution is -2.38. The van der Waals surface area contributed by atoms with Crippen LogP contribution in [-0.2, 0) is 30.5 Å². The number of nitrogens with zero attached hydrogens (tertiary/aromatic N) is 1. The highest BCUT2D eigenvalue weighted by Gasteiger charge is 2.19. The van der Waals surface area contributed by atoms with Crippen LogP contribution >= 0.6 is 0 Å². The molecule has 1 aliphatic heterocycles. The summed E-state index contributed by atoms with van der Waals surface area (Å²) in [5, 5.41) is 0. The van der Waals surface area contributed by atoms with E-state index in [2.05, 4.69) is 6.58 Å². The van der Waals surface area contributed by atoms with E-state index < -0.39 is 11.9 Å². The van der Waals surface area contributed by atoms with Crippen molar-refractivity contribution in [3.05, 3.63) is 48.0 Å². The van der Waals surface area contributed by atoms with E-state index in [1.54, 1.807) is 4.90 Å². The number of piperidine rings is 1. The molecule has 1 aromatic carbocycles. The van der Waals surface area contributed by atoms with Gasteiger partial charge in [0.1, 0.15) is 13.2 Å². The molecule has 0 aromatic heterocycles. The van der Waals surface area contributed by atoms with Gasteiger partial charge in [0.05, 0.1) is 13.0 Å². The second-order valence-corrected chi connectivity index (χ2v) is 5.90. The fourth-order valence-corrected chi connectivity index (χ4v) is 2.48. The predicted molar refractivity (Wildman–Crippen MR) is 91.4 cm³/mol. The summed E-state index contributed by atoms with van der Waals surface area (Å²) in [6.07, 6.45) is 2.22. The van der Waals surface area contributed by atoms with E-state index in [0.717, 1.165) is 18.4 Å². The van der Waals surface area contributed by atoms with Crippen LogP contribution in [0.3, 0.4) is 0 Å². The highest BCUT2D eigenvalue weighted by molar-refractivity contribution is 5.93. The summed E-state index contributed by atoms with van der Waals surface area (Å²) < 4.78 is 10.2. The molecule has 134 valence electrons. The standard InChI is InChI=1S/C19H23NO5/c1-15(13-18(22)25-14-16-7-3-2-4-8-16)19(23)24-12-11-20-10-6-5-9-17(20)21/h2-4,7-8H,1,5-6,9-14H2. The Hall–Kier alpha value is -2.63. The van der Waals surface area contributed by atoms with Gasteiger partial charge in [0.15, 0.2) is 0 Å². The second-order valence-electron chi connectivity index (χ2n) is 5.90. The van der Waals surface area contributed by atoms with E-state index in [1.807, 2.05) is 30.3 Å². The molecule has 0 spiro atoms. The number of benzene rings is 1. The average Bonchev–Trinajstić information content (AvgIpc) is 2.62. The lowest BCUT2D eigenvalue weighted by molar-refractivity contribution is -0.147. The molecule has 0 radical (unpaired) electrons. The summed E-state index contributed by atoms with van der Waals surface area (Å²) in [6, 6.07) is 9.27. The molecule has 0 unspecified atom stereocenters. The number of esters is 2. The van der Waals surface area contributed by atoms with Crippen molar-refractivity contribution in [1.29, 1.82) is 0 Å². The Kier molecular flexibility index (Phi) is 7.19. The van der Waals surface area contributed by atoms with Gasteiger partial charge in [-0.1, -0.05) is 36.9 Å². The van der Waals surface area contributed by atoms with Gasteiger partial charge < -0.3 is 14.4 Å². The van der Waals surface area contributed by atoms with E-state index in [0.29, 0.717) is 19.5 Å². The van der Waals surface area contributed by atoms with Crippen molar-refractivity contribution in [1.82, 2.24) is 4.90 Å². The van der Waals surface area contributed by atoms with Gasteiger partial charge in [-0.3, -0.25) is 9.59 Å². The minimum Gasteiger partial charge on any atom is -0.461 e. The highest BCUT2D eigenvalue weighted by Crippen LogP contribution is 2.10. The number of carbonyl (C=O) groups is 3. The molecule has 1 heterocycles. The van der Waals surface area contributed by atoms with Crippen LogP contribution in [0.2, 0.25) is 0 Å².